The molecule has 25 heavy (non-hydrogen) atoms. The van der Waals surface area contributed by atoms with Gasteiger partial charge in [0.05, 0.1) is 11.4 Å². The first-order valence-corrected chi connectivity index (χ1v) is 8.00. The molecule has 1 aliphatic rings. The predicted octanol–water partition coefficient (Wildman–Crippen LogP) is 4.35. The third-order valence-corrected chi connectivity index (χ3v) is 4.06. The maximum absolute atomic E-state index is 12.3. The highest BCUT2D eigenvalue weighted by Crippen LogP contribution is 2.32. The van der Waals surface area contributed by atoms with Crippen molar-refractivity contribution in [3.63, 3.8) is 0 Å². The SMILES string of the molecule is O=C(C=Cc1cc(-c2ccc(Cl)cc2)n[nH]1)c1ccc2c(c1)OCO2. The van der Waals surface area contributed by atoms with Crippen molar-refractivity contribution < 1.29 is 14.3 Å². The number of H-pyrrole nitrogens is 1. The molecule has 1 N–H and O–H groups in total. The average Bonchev–Trinajstić information content (AvgIpc) is 3.29. The Balaban J connectivity index is 1.50. The van der Waals surface area contributed by atoms with E-state index >= 15 is 0 Å². The monoisotopic (exact) mass is 352 g/mol. The van der Waals surface area contributed by atoms with Crippen molar-refractivity contribution in [1.29, 1.82) is 0 Å². The summed E-state index contributed by atoms with van der Waals surface area (Å²) in [6.07, 6.45) is 3.19. The number of carbonyl (C=O) groups excluding carboxylic acids is 1. The van der Waals surface area contributed by atoms with E-state index in [-0.39, 0.29) is 12.6 Å². The van der Waals surface area contributed by atoms with E-state index < -0.39 is 0 Å². The summed E-state index contributed by atoms with van der Waals surface area (Å²) in [6, 6.07) is 14.4. The number of rotatable bonds is 4. The van der Waals surface area contributed by atoms with E-state index in [1.165, 1.54) is 6.08 Å². The van der Waals surface area contributed by atoms with Crippen LogP contribution in [0.25, 0.3) is 17.3 Å². The summed E-state index contributed by atoms with van der Waals surface area (Å²) in [7, 11) is 0. The molecule has 0 spiro atoms. The molecular weight excluding hydrogens is 340 g/mol. The quantitative estimate of drug-likeness (QED) is 0.560. The zero-order valence-electron chi connectivity index (χ0n) is 13.0. The van der Waals surface area contributed by atoms with E-state index in [0.29, 0.717) is 22.1 Å². The van der Waals surface area contributed by atoms with Crippen LogP contribution in [0.1, 0.15) is 16.1 Å². The molecule has 1 aromatic heterocycles. The highest BCUT2D eigenvalue weighted by Gasteiger charge is 2.15. The Hall–Kier alpha value is -3.05. The molecule has 4 rings (SSSR count). The van der Waals surface area contributed by atoms with Crippen LogP contribution >= 0.6 is 11.6 Å². The largest absolute Gasteiger partial charge is 0.454 e. The average molecular weight is 353 g/mol. The lowest BCUT2D eigenvalue weighted by molar-refractivity contribution is 0.104. The molecule has 0 bridgehead atoms. The fraction of sp³-hybridized carbons (Fsp3) is 0.0526. The van der Waals surface area contributed by atoms with Crippen molar-refractivity contribution in [3.8, 4) is 22.8 Å². The van der Waals surface area contributed by atoms with Gasteiger partial charge in [0.2, 0.25) is 6.79 Å². The van der Waals surface area contributed by atoms with Gasteiger partial charge in [-0.2, -0.15) is 5.10 Å². The molecule has 0 unspecified atom stereocenters. The smallest absolute Gasteiger partial charge is 0.231 e. The fourth-order valence-corrected chi connectivity index (χ4v) is 2.63. The third kappa shape index (κ3) is 3.27. The molecule has 0 atom stereocenters. The minimum Gasteiger partial charge on any atom is -0.454 e. The van der Waals surface area contributed by atoms with Crippen LogP contribution in [-0.2, 0) is 0 Å². The van der Waals surface area contributed by atoms with Gasteiger partial charge in [0.25, 0.3) is 0 Å². The highest BCUT2D eigenvalue weighted by molar-refractivity contribution is 6.30. The van der Waals surface area contributed by atoms with Gasteiger partial charge in [0.1, 0.15) is 0 Å². The van der Waals surface area contributed by atoms with Gasteiger partial charge in [0.15, 0.2) is 17.3 Å². The van der Waals surface area contributed by atoms with Crippen LogP contribution in [0, 0.1) is 0 Å². The summed E-state index contributed by atoms with van der Waals surface area (Å²) in [5.74, 6) is 1.12. The number of carbonyl (C=O) groups is 1. The number of fused-ring (bicyclic) bond motifs is 1. The number of nitrogens with zero attached hydrogens (tertiary/aromatic N) is 1. The second kappa shape index (κ2) is 6.45. The first kappa shape index (κ1) is 15.5. The van der Waals surface area contributed by atoms with Crippen molar-refractivity contribution in [2.24, 2.45) is 0 Å². The molecule has 0 amide bonds. The Labute approximate surface area is 148 Å². The molecule has 6 heteroatoms. The van der Waals surface area contributed by atoms with E-state index in [1.54, 1.807) is 24.3 Å². The Bertz CT molecular complexity index is 961. The number of ether oxygens (including phenoxy) is 2. The molecule has 0 radical (unpaired) electrons. The summed E-state index contributed by atoms with van der Waals surface area (Å²) < 4.78 is 10.5. The number of ketones is 1. The summed E-state index contributed by atoms with van der Waals surface area (Å²) in [4.78, 5) is 12.3. The highest BCUT2D eigenvalue weighted by atomic mass is 35.5. The first-order valence-electron chi connectivity index (χ1n) is 7.62. The Kier molecular flexibility index (Phi) is 3.99. The molecule has 124 valence electrons. The summed E-state index contributed by atoms with van der Waals surface area (Å²) >= 11 is 5.89. The lowest BCUT2D eigenvalue weighted by Crippen LogP contribution is -1.94. The lowest BCUT2D eigenvalue weighted by Gasteiger charge is -1.98. The van der Waals surface area contributed by atoms with Crippen LogP contribution in [0.2, 0.25) is 5.02 Å². The van der Waals surface area contributed by atoms with Crippen LogP contribution in [0.3, 0.4) is 0 Å². The standard InChI is InChI=1S/C19H13ClN2O3/c20-14-4-1-12(2-5-14)16-10-15(21-22-16)6-7-17(23)13-3-8-18-19(9-13)25-11-24-18/h1-10H,11H2,(H,21,22). The van der Waals surface area contributed by atoms with Gasteiger partial charge >= 0.3 is 0 Å². The summed E-state index contributed by atoms with van der Waals surface area (Å²) in [5.41, 5.74) is 3.01. The van der Waals surface area contributed by atoms with Crippen LogP contribution in [-0.4, -0.2) is 22.8 Å². The van der Waals surface area contributed by atoms with Crippen LogP contribution in [0.4, 0.5) is 0 Å². The van der Waals surface area contributed by atoms with Gasteiger partial charge in [-0.3, -0.25) is 9.89 Å². The van der Waals surface area contributed by atoms with Crippen molar-refractivity contribution in [3.05, 3.63) is 70.9 Å². The number of nitrogens with one attached hydrogen (secondary N) is 1. The minimum absolute atomic E-state index is 0.124. The molecule has 2 aromatic carbocycles. The molecule has 1 aliphatic heterocycles. The minimum atomic E-state index is -0.124. The lowest BCUT2D eigenvalue weighted by atomic mass is 10.1. The third-order valence-electron chi connectivity index (χ3n) is 3.81. The van der Waals surface area contributed by atoms with Crippen molar-refractivity contribution in [2.75, 3.05) is 6.79 Å². The number of aromatic nitrogens is 2. The van der Waals surface area contributed by atoms with Gasteiger partial charge in [-0.05, 0) is 48.6 Å². The Morgan fingerprint density at radius 3 is 2.72 bits per heavy atom. The fourth-order valence-electron chi connectivity index (χ4n) is 2.50. The number of aromatic amines is 1. The molecule has 2 heterocycles. The molecule has 3 aromatic rings. The number of hydrogen-bond donors (Lipinski definition) is 1. The molecule has 0 saturated heterocycles. The maximum Gasteiger partial charge on any atom is 0.231 e. The molecule has 0 fully saturated rings. The van der Waals surface area contributed by atoms with Gasteiger partial charge in [-0.15, -0.1) is 0 Å². The summed E-state index contributed by atoms with van der Waals surface area (Å²) in [5, 5.41) is 7.82. The van der Waals surface area contributed by atoms with Crippen molar-refractivity contribution in [2.45, 2.75) is 0 Å². The Morgan fingerprint density at radius 2 is 1.88 bits per heavy atom. The van der Waals surface area contributed by atoms with E-state index in [9.17, 15) is 4.79 Å². The zero-order chi connectivity index (χ0) is 17.2. The number of hydrogen-bond acceptors (Lipinski definition) is 4. The normalized spacial score (nSPS) is 12.7. The number of allylic oxidation sites excluding steroid dienone is 1. The second-order valence-electron chi connectivity index (χ2n) is 5.48. The van der Waals surface area contributed by atoms with E-state index in [0.717, 1.165) is 17.0 Å². The van der Waals surface area contributed by atoms with Gasteiger partial charge in [-0.25, -0.2) is 0 Å². The van der Waals surface area contributed by atoms with Crippen LogP contribution in [0.5, 0.6) is 11.5 Å². The molecule has 0 saturated carbocycles. The van der Waals surface area contributed by atoms with Gasteiger partial charge < -0.3 is 9.47 Å². The van der Waals surface area contributed by atoms with Gasteiger partial charge in [-0.1, -0.05) is 23.7 Å². The van der Waals surface area contributed by atoms with E-state index in [2.05, 4.69) is 10.2 Å². The molecule has 0 aliphatic carbocycles. The van der Waals surface area contributed by atoms with Crippen LogP contribution < -0.4 is 9.47 Å². The van der Waals surface area contributed by atoms with E-state index in [1.807, 2.05) is 30.3 Å². The topological polar surface area (TPSA) is 64.2 Å². The molecule has 5 nitrogen and oxygen atoms in total. The zero-order valence-corrected chi connectivity index (χ0v) is 13.8. The first-order chi connectivity index (χ1) is 12.2. The second-order valence-corrected chi connectivity index (χ2v) is 5.92. The molecular formula is C19H13ClN2O3. The Morgan fingerprint density at radius 1 is 1.08 bits per heavy atom. The maximum atomic E-state index is 12.3. The van der Waals surface area contributed by atoms with E-state index in [4.69, 9.17) is 21.1 Å². The predicted molar refractivity (Wildman–Crippen MR) is 95.0 cm³/mol. The summed E-state index contributed by atoms with van der Waals surface area (Å²) in [6.45, 7) is 0.185. The van der Waals surface area contributed by atoms with Gasteiger partial charge in [0, 0.05) is 16.1 Å². The number of benzene rings is 2. The van der Waals surface area contributed by atoms with Crippen molar-refractivity contribution >= 4 is 23.5 Å². The number of halogens is 1. The van der Waals surface area contributed by atoms with Crippen LogP contribution in [0.15, 0.2) is 54.6 Å². The van der Waals surface area contributed by atoms with Crippen molar-refractivity contribution in [1.82, 2.24) is 10.2 Å².